The second kappa shape index (κ2) is 7.31. The molecule has 0 spiro atoms. The Morgan fingerprint density at radius 3 is 2.35 bits per heavy atom. The first kappa shape index (κ1) is 17.7. The molecule has 1 heterocycles. The number of hydrogen-bond donors (Lipinski definition) is 1. The van der Waals surface area contributed by atoms with Crippen molar-refractivity contribution in [2.45, 2.75) is 20.0 Å². The first-order valence-corrected chi connectivity index (χ1v) is 7.62. The van der Waals surface area contributed by atoms with Crippen LogP contribution in [0.2, 0.25) is 0 Å². The van der Waals surface area contributed by atoms with Crippen molar-refractivity contribution in [3.05, 3.63) is 29.3 Å². The van der Waals surface area contributed by atoms with E-state index in [1.807, 2.05) is 36.9 Å². The quantitative estimate of drug-likeness (QED) is 0.921. The zero-order valence-corrected chi connectivity index (χ0v) is 13.4. The third-order valence-electron chi connectivity index (χ3n) is 4.11. The summed E-state index contributed by atoms with van der Waals surface area (Å²) in [4.78, 5) is 15.4. The summed E-state index contributed by atoms with van der Waals surface area (Å²) >= 11 is 0. The summed E-state index contributed by atoms with van der Waals surface area (Å²) in [7, 11) is 0. The van der Waals surface area contributed by atoms with Gasteiger partial charge in [-0.2, -0.15) is 13.2 Å². The molecule has 7 heteroatoms. The molecule has 1 N–H and O–H groups in total. The van der Waals surface area contributed by atoms with Crippen LogP contribution in [-0.2, 0) is 4.79 Å². The van der Waals surface area contributed by atoms with Crippen molar-refractivity contribution < 1.29 is 18.0 Å². The number of piperazine rings is 1. The monoisotopic (exact) mass is 329 g/mol. The Morgan fingerprint density at radius 2 is 1.74 bits per heavy atom. The van der Waals surface area contributed by atoms with E-state index in [2.05, 4.69) is 5.32 Å². The zero-order valence-electron chi connectivity index (χ0n) is 13.4. The van der Waals surface area contributed by atoms with Crippen LogP contribution < -0.4 is 5.32 Å². The summed E-state index contributed by atoms with van der Waals surface area (Å²) in [5.74, 6) is -0.136. The van der Waals surface area contributed by atoms with E-state index in [1.54, 1.807) is 0 Å². The van der Waals surface area contributed by atoms with Crippen LogP contribution in [0, 0.1) is 13.8 Å². The molecule has 23 heavy (non-hydrogen) atoms. The number of aryl methyl sites for hydroxylation is 1. The average Bonchev–Trinajstić information content (AvgIpc) is 2.44. The molecule has 4 nitrogen and oxygen atoms in total. The molecule has 1 saturated heterocycles. The van der Waals surface area contributed by atoms with E-state index in [0.717, 1.165) is 16.8 Å². The molecule has 0 radical (unpaired) electrons. The topological polar surface area (TPSA) is 35.6 Å². The van der Waals surface area contributed by atoms with Gasteiger partial charge in [0.25, 0.3) is 0 Å². The molecule has 1 aromatic carbocycles. The Kier molecular flexibility index (Phi) is 5.64. The predicted molar refractivity (Wildman–Crippen MR) is 83.5 cm³/mol. The molecule has 2 rings (SSSR count). The Bertz CT molecular complexity index is 552. The number of amides is 1. The highest BCUT2D eigenvalue weighted by atomic mass is 19.4. The van der Waals surface area contributed by atoms with Gasteiger partial charge in [0.15, 0.2) is 0 Å². The second-order valence-electron chi connectivity index (χ2n) is 5.96. The van der Waals surface area contributed by atoms with Gasteiger partial charge in [0.2, 0.25) is 5.91 Å². The summed E-state index contributed by atoms with van der Waals surface area (Å²) in [5, 5.41) is 2.87. The molecule has 1 fully saturated rings. The van der Waals surface area contributed by atoms with Crippen molar-refractivity contribution in [2.75, 3.05) is 44.6 Å². The summed E-state index contributed by atoms with van der Waals surface area (Å²) in [6.45, 7) is 4.84. The molecule has 0 unspecified atom stereocenters. The fourth-order valence-corrected chi connectivity index (χ4v) is 2.64. The van der Waals surface area contributed by atoms with Gasteiger partial charge in [-0.3, -0.25) is 14.6 Å². The molecule has 0 bridgehead atoms. The molecule has 0 saturated carbocycles. The fraction of sp³-hybridized carbons (Fsp3) is 0.562. The summed E-state index contributed by atoms with van der Waals surface area (Å²) in [6.07, 6.45) is -4.16. The van der Waals surface area contributed by atoms with Crippen molar-refractivity contribution in [3.63, 3.8) is 0 Å². The number of carbonyl (C=O) groups is 1. The third-order valence-corrected chi connectivity index (χ3v) is 4.11. The largest absolute Gasteiger partial charge is 0.401 e. The standard InChI is InChI=1S/C16H22F3N3O/c1-12-4-3-5-14(13(12)2)20-15(23)10-21-6-8-22(9-7-21)11-16(17,18)19/h3-5H,6-11H2,1-2H3,(H,20,23). The Hall–Kier alpha value is -1.60. The molecular formula is C16H22F3N3O. The van der Waals surface area contributed by atoms with Crippen LogP contribution in [0.25, 0.3) is 0 Å². The van der Waals surface area contributed by atoms with Crippen LogP contribution in [0.4, 0.5) is 18.9 Å². The maximum atomic E-state index is 12.3. The van der Waals surface area contributed by atoms with E-state index < -0.39 is 12.7 Å². The number of carbonyl (C=O) groups excluding carboxylic acids is 1. The lowest BCUT2D eigenvalue weighted by Crippen LogP contribution is -2.50. The van der Waals surface area contributed by atoms with Crippen molar-refractivity contribution in [2.24, 2.45) is 0 Å². The van der Waals surface area contributed by atoms with Gasteiger partial charge in [-0.25, -0.2) is 0 Å². The van der Waals surface area contributed by atoms with Crippen molar-refractivity contribution in [1.29, 1.82) is 0 Å². The molecule has 0 atom stereocenters. The van der Waals surface area contributed by atoms with Gasteiger partial charge in [-0.1, -0.05) is 12.1 Å². The van der Waals surface area contributed by atoms with Crippen LogP contribution in [0.1, 0.15) is 11.1 Å². The smallest absolute Gasteiger partial charge is 0.325 e. The number of anilines is 1. The van der Waals surface area contributed by atoms with E-state index in [1.165, 1.54) is 4.90 Å². The lowest BCUT2D eigenvalue weighted by molar-refractivity contribution is -0.149. The van der Waals surface area contributed by atoms with Gasteiger partial charge in [0.1, 0.15) is 0 Å². The van der Waals surface area contributed by atoms with Gasteiger partial charge in [0.05, 0.1) is 13.1 Å². The Labute approximate surface area is 134 Å². The number of nitrogens with one attached hydrogen (secondary N) is 1. The predicted octanol–water partition coefficient (Wildman–Crippen LogP) is 2.42. The Balaban J connectivity index is 1.80. The van der Waals surface area contributed by atoms with Crippen LogP contribution in [0.15, 0.2) is 18.2 Å². The highest BCUT2D eigenvalue weighted by Crippen LogP contribution is 2.19. The highest BCUT2D eigenvalue weighted by molar-refractivity contribution is 5.93. The molecule has 1 aromatic rings. The zero-order chi connectivity index (χ0) is 17.0. The lowest BCUT2D eigenvalue weighted by atomic mass is 10.1. The molecule has 0 aliphatic carbocycles. The van der Waals surface area contributed by atoms with Gasteiger partial charge in [0, 0.05) is 31.9 Å². The third kappa shape index (κ3) is 5.51. The first-order chi connectivity index (χ1) is 10.7. The fourth-order valence-electron chi connectivity index (χ4n) is 2.64. The van der Waals surface area contributed by atoms with Gasteiger partial charge >= 0.3 is 6.18 Å². The number of alkyl halides is 3. The number of halogens is 3. The summed E-state index contributed by atoms with van der Waals surface area (Å²) in [5.41, 5.74) is 2.91. The van der Waals surface area contributed by atoms with Crippen molar-refractivity contribution in [1.82, 2.24) is 9.80 Å². The number of nitrogens with zero attached hydrogens (tertiary/aromatic N) is 2. The van der Waals surface area contributed by atoms with E-state index in [9.17, 15) is 18.0 Å². The minimum Gasteiger partial charge on any atom is -0.325 e. The first-order valence-electron chi connectivity index (χ1n) is 7.62. The van der Waals surface area contributed by atoms with E-state index in [-0.39, 0.29) is 12.5 Å². The minimum atomic E-state index is -4.16. The molecule has 0 aromatic heterocycles. The van der Waals surface area contributed by atoms with E-state index in [0.29, 0.717) is 26.2 Å². The number of hydrogen-bond acceptors (Lipinski definition) is 3. The van der Waals surface area contributed by atoms with Crippen LogP contribution in [0.3, 0.4) is 0 Å². The SMILES string of the molecule is Cc1cccc(NC(=O)CN2CCN(CC(F)(F)F)CC2)c1C. The van der Waals surface area contributed by atoms with E-state index in [4.69, 9.17) is 0 Å². The molecule has 128 valence electrons. The summed E-state index contributed by atoms with van der Waals surface area (Å²) < 4.78 is 37.0. The van der Waals surface area contributed by atoms with Gasteiger partial charge < -0.3 is 5.32 Å². The lowest BCUT2D eigenvalue weighted by Gasteiger charge is -2.34. The van der Waals surface area contributed by atoms with Crippen LogP contribution in [-0.4, -0.2) is 61.2 Å². The molecule has 1 aliphatic heterocycles. The van der Waals surface area contributed by atoms with E-state index >= 15 is 0 Å². The van der Waals surface area contributed by atoms with Gasteiger partial charge in [-0.15, -0.1) is 0 Å². The Morgan fingerprint density at radius 1 is 1.13 bits per heavy atom. The summed E-state index contributed by atoms with van der Waals surface area (Å²) in [6, 6.07) is 5.71. The highest BCUT2D eigenvalue weighted by Gasteiger charge is 2.32. The van der Waals surface area contributed by atoms with Crippen molar-refractivity contribution in [3.8, 4) is 0 Å². The maximum Gasteiger partial charge on any atom is 0.401 e. The maximum absolute atomic E-state index is 12.3. The van der Waals surface area contributed by atoms with Crippen LogP contribution in [0.5, 0.6) is 0 Å². The normalized spacial score (nSPS) is 17.3. The van der Waals surface area contributed by atoms with Crippen LogP contribution >= 0.6 is 0 Å². The number of benzene rings is 1. The number of rotatable bonds is 4. The molecule has 1 aliphatic rings. The second-order valence-corrected chi connectivity index (χ2v) is 5.96. The molecule has 1 amide bonds. The minimum absolute atomic E-state index is 0.136. The van der Waals surface area contributed by atoms with Gasteiger partial charge in [-0.05, 0) is 31.0 Å². The average molecular weight is 329 g/mol. The van der Waals surface area contributed by atoms with Crippen molar-refractivity contribution >= 4 is 11.6 Å². The molecular weight excluding hydrogens is 307 g/mol.